The molecule has 1 fully saturated rings. The van der Waals surface area contributed by atoms with Gasteiger partial charge in [-0.3, -0.25) is 4.79 Å². The summed E-state index contributed by atoms with van der Waals surface area (Å²) in [4.78, 5) is 35.4. The van der Waals surface area contributed by atoms with E-state index in [1.165, 1.54) is 20.1 Å². The second-order valence-electron chi connectivity index (χ2n) is 11.7. The molecule has 0 saturated carbocycles. The van der Waals surface area contributed by atoms with Gasteiger partial charge in [0.15, 0.2) is 5.82 Å². The van der Waals surface area contributed by atoms with Crippen LogP contribution in [0.5, 0.6) is 0 Å². The fraction of sp³-hybridized carbons (Fsp3) is 0.324. The average molecular weight is 700 g/mol. The third kappa shape index (κ3) is 11.5. The van der Waals surface area contributed by atoms with Crippen molar-refractivity contribution in [3.63, 3.8) is 0 Å². The Bertz CT molecular complexity index is 1690. The minimum absolute atomic E-state index is 0.0656. The fourth-order valence-corrected chi connectivity index (χ4v) is 4.80. The van der Waals surface area contributed by atoms with Crippen molar-refractivity contribution in [3.8, 4) is 11.4 Å². The van der Waals surface area contributed by atoms with Gasteiger partial charge >= 0.3 is 18.0 Å². The normalized spacial score (nSPS) is 13.7. The Kier molecular flexibility index (Phi) is 13.6. The van der Waals surface area contributed by atoms with E-state index in [0.29, 0.717) is 52.5 Å². The van der Waals surface area contributed by atoms with Gasteiger partial charge in [0, 0.05) is 47.0 Å². The molecule has 1 aliphatic heterocycles. The van der Waals surface area contributed by atoms with Gasteiger partial charge in [0.25, 0.3) is 0 Å². The zero-order valence-corrected chi connectivity index (χ0v) is 29.0. The van der Waals surface area contributed by atoms with Crippen LogP contribution in [0.1, 0.15) is 56.1 Å². The molecule has 4 N–H and O–H groups in total. The van der Waals surface area contributed by atoms with Gasteiger partial charge in [-0.2, -0.15) is 0 Å². The largest absolute Gasteiger partial charge is 0.465 e. The summed E-state index contributed by atoms with van der Waals surface area (Å²) in [6, 6.07) is 19.6. The highest BCUT2D eigenvalue weighted by atomic mass is 35.5. The van der Waals surface area contributed by atoms with Crippen molar-refractivity contribution in [1.82, 2.24) is 19.7 Å². The van der Waals surface area contributed by atoms with Crippen molar-refractivity contribution in [2.24, 2.45) is 0 Å². The Labute approximate surface area is 289 Å². The number of hydrogen-bond donors (Lipinski definition) is 2. The zero-order chi connectivity index (χ0) is 35.4. The molecule has 1 aliphatic rings. The number of rotatable bonds is 5. The van der Waals surface area contributed by atoms with Crippen LogP contribution in [0.25, 0.3) is 11.4 Å². The van der Waals surface area contributed by atoms with Crippen LogP contribution in [0.2, 0.25) is 10.0 Å². The molecule has 0 radical (unpaired) electrons. The average Bonchev–Trinajstić information content (AvgIpc) is 3.73. The number of ether oxygens (including phenoxy) is 3. The number of nitrogens with zero attached hydrogens (tertiary/aromatic N) is 4. The number of amides is 1. The van der Waals surface area contributed by atoms with E-state index in [2.05, 4.69) is 14.9 Å². The van der Waals surface area contributed by atoms with E-state index in [1.807, 2.05) is 55.7 Å². The summed E-state index contributed by atoms with van der Waals surface area (Å²) in [5.41, 5.74) is 14.1. The van der Waals surface area contributed by atoms with Gasteiger partial charge in [-0.1, -0.05) is 53.5 Å². The fourth-order valence-electron chi connectivity index (χ4n) is 4.46. The molecule has 1 atom stereocenters. The van der Waals surface area contributed by atoms with Gasteiger partial charge in [-0.25, -0.2) is 9.59 Å². The summed E-state index contributed by atoms with van der Waals surface area (Å²) < 4.78 is 16.7. The molecule has 1 saturated heterocycles. The standard InChI is InChI=1S/C17H22ClN5O2.C9H10O2.C8H8ClNO2/c1-17(2,3)25-16(24)22-7-6-12(9-22)23-10-20-21-15(23)13-8-11(18)4-5-14(13)19;1-8(10)11-7-9-5-3-2-4-6-9;1-12-8(11)6-4-5(9)2-3-7(6)10/h4-5,8,10,12H,6-7,9,19H2,1-3H3;2-6H,7H2,1H3;2-4H,10H2,1H3. The topological polar surface area (TPSA) is 165 Å². The molecule has 3 aromatic carbocycles. The summed E-state index contributed by atoms with van der Waals surface area (Å²) >= 11 is 11.7. The lowest BCUT2D eigenvalue weighted by Gasteiger charge is -2.24. The lowest BCUT2D eigenvalue weighted by atomic mass is 10.1. The highest BCUT2D eigenvalue weighted by Gasteiger charge is 2.32. The van der Waals surface area contributed by atoms with Crippen LogP contribution in [0, 0.1) is 0 Å². The maximum atomic E-state index is 12.3. The number of likely N-dealkylation sites (tertiary alicyclic amines) is 1. The highest BCUT2D eigenvalue weighted by Crippen LogP contribution is 2.32. The van der Waals surface area contributed by atoms with Gasteiger partial charge in [-0.05, 0) is 69.2 Å². The first-order valence-corrected chi connectivity index (χ1v) is 15.7. The number of aromatic nitrogens is 3. The lowest BCUT2D eigenvalue weighted by Crippen LogP contribution is -2.35. The number of benzene rings is 3. The molecule has 12 nitrogen and oxygen atoms in total. The molecule has 48 heavy (non-hydrogen) atoms. The molecule has 1 aromatic heterocycles. The predicted molar refractivity (Wildman–Crippen MR) is 185 cm³/mol. The number of carbonyl (C=O) groups excluding carboxylic acids is 3. The number of esters is 2. The molecule has 1 amide bonds. The van der Waals surface area contributed by atoms with Crippen molar-refractivity contribution < 1.29 is 28.6 Å². The van der Waals surface area contributed by atoms with E-state index in [1.54, 1.807) is 41.6 Å². The first-order valence-electron chi connectivity index (χ1n) is 14.9. The van der Waals surface area contributed by atoms with Crippen LogP contribution < -0.4 is 11.5 Å². The molecule has 0 aliphatic carbocycles. The Morgan fingerprint density at radius 3 is 2.23 bits per heavy atom. The number of hydrogen-bond acceptors (Lipinski definition) is 10. The van der Waals surface area contributed by atoms with Crippen molar-refractivity contribution >= 4 is 52.6 Å². The number of nitrogen functional groups attached to an aromatic ring is 2. The van der Waals surface area contributed by atoms with E-state index in [9.17, 15) is 14.4 Å². The smallest absolute Gasteiger partial charge is 0.410 e. The quantitative estimate of drug-likeness (QED) is 0.128. The molecule has 0 spiro atoms. The van der Waals surface area contributed by atoms with Crippen LogP contribution >= 0.6 is 23.2 Å². The maximum Gasteiger partial charge on any atom is 0.410 e. The first-order chi connectivity index (χ1) is 22.7. The number of carbonyl (C=O) groups is 3. The molecular formula is C34H40Cl2N6O6. The first kappa shape index (κ1) is 37.6. The van der Waals surface area contributed by atoms with E-state index < -0.39 is 11.6 Å². The van der Waals surface area contributed by atoms with Gasteiger partial charge in [-0.15, -0.1) is 10.2 Å². The van der Waals surface area contributed by atoms with Gasteiger partial charge in [0.2, 0.25) is 0 Å². The number of methoxy groups -OCH3 is 1. The van der Waals surface area contributed by atoms with Crippen molar-refractivity contribution in [2.75, 3.05) is 31.7 Å². The van der Waals surface area contributed by atoms with Crippen LogP contribution in [-0.2, 0) is 25.6 Å². The zero-order valence-electron chi connectivity index (χ0n) is 27.5. The van der Waals surface area contributed by atoms with Crippen LogP contribution in [0.4, 0.5) is 16.2 Å². The monoisotopic (exact) mass is 698 g/mol. The van der Waals surface area contributed by atoms with Gasteiger partial charge in [0.05, 0.1) is 18.7 Å². The highest BCUT2D eigenvalue weighted by molar-refractivity contribution is 6.31. The van der Waals surface area contributed by atoms with E-state index in [4.69, 9.17) is 44.1 Å². The van der Waals surface area contributed by atoms with Crippen molar-refractivity contribution in [1.29, 1.82) is 0 Å². The van der Waals surface area contributed by atoms with Crippen LogP contribution in [0.15, 0.2) is 73.1 Å². The lowest BCUT2D eigenvalue weighted by molar-refractivity contribution is -0.142. The van der Waals surface area contributed by atoms with Gasteiger partial charge < -0.3 is 35.1 Å². The predicted octanol–water partition coefficient (Wildman–Crippen LogP) is 6.82. The van der Waals surface area contributed by atoms with E-state index in [0.717, 1.165) is 17.5 Å². The molecule has 4 aromatic rings. The molecule has 14 heteroatoms. The second kappa shape index (κ2) is 17.4. The molecule has 0 bridgehead atoms. The Morgan fingerprint density at radius 2 is 1.60 bits per heavy atom. The minimum atomic E-state index is -0.508. The molecule has 5 rings (SSSR count). The molecule has 256 valence electrons. The maximum absolute atomic E-state index is 12.3. The summed E-state index contributed by atoms with van der Waals surface area (Å²) in [5, 5.41) is 9.27. The molecular weight excluding hydrogens is 659 g/mol. The Balaban J connectivity index is 0.000000226. The van der Waals surface area contributed by atoms with Crippen molar-refractivity contribution in [2.45, 2.75) is 52.4 Å². The SMILES string of the molecule is CC(=O)OCc1ccccc1.CC(C)(C)OC(=O)N1CCC(n2cnnc2-c2cc(Cl)ccc2N)C1.COC(=O)c1cc(Cl)ccc1N. The molecule has 1 unspecified atom stereocenters. The van der Waals surface area contributed by atoms with E-state index in [-0.39, 0.29) is 18.1 Å². The number of anilines is 2. The number of halogens is 2. The third-order valence-corrected chi connectivity index (χ3v) is 7.21. The van der Waals surface area contributed by atoms with E-state index >= 15 is 0 Å². The Morgan fingerprint density at radius 1 is 0.958 bits per heavy atom. The van der Waals surface area contributed by atoms with Crippen LogP contribution in [-0.4, -0.2) is 63.5 Å². The minimum Gasteiger partial charge on any atom is -0.465 e. The third-order valence-electron chi connectivity index (χ3n) is 6.74. The number of nitrogens with two attached hydrogens (primary N) is 2. The summed E-state index contributed by atoms with van der Waals surface area (Å²) in [6.07, 6.45) is 2.16. The molecule has 2 heterocycles. The second-order valence-corrected chi connectivity index (χ2v) is 12.5. The Hall–Kier alpha value is -4.81. The summed E-state index contributed by atoms with van der Waals surface area (Å²) in [6.45, 7) is 8.52. The van der Waals surface area contributed by atoms with Crippen LogP contribution in [0.3, 0.4) is 0 Å². The van der Waals surface area contributed by atoms with Crippen molar-refractivity contribution in [3.05, 3.63) is 94.2 Å². The summed E-state index contributed by atoms with van der Waals surface area (Å²) in [7, 11) is 1.29. The summed E-state index contributed by atoms with van der Waals surface area (Å²) in [5.74, 6) is -0.0695. The van der Waals surface area contributed by atoms with Gasteiger partial charge in [0.1, 0.15) is 18.5 Å².